The zero-order valence-corrected chi connectivity index (χ0v) is 32.5. The van der Waals surface area contributed by atoms with Gasteiger partial charge in [-0.1, -0.05) is 137 Å². The monoisotopic (exact) mass is 698 g/mol. The molecule has 0 amide bonds. The van der Waals surface area contributed by atoms with Crippen LogP contribution in [-0.4, -0.2) is 29.4 Å². The van der Waals surface area contributed by atoms with Crippen LogP contribution in [0.1, 0.15) is 27.8 Å². The van der Waals surface area contributed by atoms with Gasteiger partial charge in [-0.25, -0.2) is 0 Å². The smallest absolute Gasteiger partial charge is 0.118 e. The summed E-state index contributed by atoms with van der Waals surface area (Å²) >= 11 is 1.76. The van der Waals surface area contributed by atoms with Crippen LogP contribution >= 0.6 is 11.8 Å². The standard InChI is InChI=1S/C16H20OSi.C15H16O.C14H14OS/c1-13-5-9-15(10-6-13)18(3,4)16-11-7-14(17-2)8-12-16;1-12-3-5-13(6-4-12)11-14-7-9-15(16-2)10-8-14;1-11-3-7-13(8-4-11)16-14-9-5-12(15-2)6-10-14/h5-12H,1-4H3;3-10H,11H2,1-2H3;3-10H,1-2H3. The third kappa shape index (κ3) is 11.7. The van der Waals surface area contributed by atoms with Crippen molar-refractivity contribution in [3.63, 3.8) is 0 Å². The molecule has 50 heavy (non-hydrogen) atoms. The van der Waals surface area contributed by atoms with Gasteiger partial charge < -0.3 is 14.2 Å². The van der Waals surface area contributed by atoms with E-state index in [2.05, 4.69) is 155 Å². The van der Waals surface area contributed by atoms with Crippen LogP contribution < -0.4 is 24.6 Å². The molecule has 6 aromatic rings. The topological polar surface area (TPSA) is 27.7 Å². The van der Waals surface area contributed by atoms with Crippen LogP contribution in [0, 0.1) is 20.8 Å². The van der Waals surface area contributed by atoms with Crippen molar-refractivity contribution in [2.24, 2.45) is 0 Å². The van der Waals surface area contributed by atoms with E-state index in [1.54, 1.807) is 33.1 Å². The Morgan fingerprint density at radius 2 is 0.680 bits per heavy atom. The molecule has 0 aromatic heterocycles. The van der Waals surface area contributed by atoms with E-state index in [0.29, 0.717) is 0 Å². The van der Waals surface area contributed by atoms with Crippen molar-refractivity contribution in [2.45, 2.75) is 50.1 Å². The Hall–Kier alpha value is -4.71. The van der Waals surface area contributed by atoms with Gasteiger partial charge in [-0.05, 0) is 99.0 Å². The van der Waals surface area contributed by atoms with E-state index in [0.717, 1.165) is 23.7 Å². The first-order valence-electron chi connectivity index (χ1n) is 16.9. The van der Waals surface area contributed by atoms with Gasteiger partial charge in [0.1, 0.15) is 25.3 Å². The Labute approximate surface area is 305 Å². The Morgan fingerprint density at radius 1 is 0.400 bits per heavy atom. The Balaban J connectivity index is 0.000000169. The molecule has 3 nitrogen and oxygen atoms in total. The Morgan fingerprint density at radius 3 is 1.08 bits per heavy atom. The largest absolute Gasteiger partial charge is 0.497 e. The van der Waals surface area contributed by atoms with Gasteiger partial charge in [0, 0.05) is 9.79 Å². The van der Waals surface area contributed by atoms with E-state index in [-0.39, 0.29) is 0 Å². The van der Waals surface area contributed by atoms with E-state index < -0.39 is 8.07 Å². The van der Waals surface area contributed by atoms with Crippen LogP contribution in [0.4, 0.5) is 0 Å². The van der Waals surface area contributed by atoms with Crippen LogP contribution in [0.5, 0.6) is 17.2 Å². The van der Waals surface area contributed by atoms with Gasteiger partial charge >= 0.3 is 0 Å². The lowest BCUT2D eigenvalue weighted by Crippen LogP contribution is -2.52. The lowest BCUT2D eigenvalue weighted by Gasteiger charge is -2.24. The number of rotatable bonds is 9. The number of benzene rings is 6. The predicted molar refractivity (Wildman–Crippen MR) is 216 cm³/mol. The van der Waals surface area contributed by atoms with Gasteiger partial charge in [-0.3, -0.25) is 0 Å². The van der Waals surface area contributed by atoms with Crippen molar-refractivity contribution in [1.82, 2.24) is 0 Å². The summed E-state index contributed by atoms with van der Waals surface area (Å²) in [6.07, 6.45) is 0.976. The summed E-state index contributed by atoms with van der Waals surface area (Å²) < 4.78 is 15.5. The molecule has 0 saturated heterocycles. The van der Waals surface area contributed by atoms with Crippen molar-refractivity contribution in [2.75, 3.05) is 21.3 Å². The molecule has 0 N–H and O–H groups in total. The molecule has 0 aliphatic carbocycles. The maximum absolute atomic E-state index is 5.22. The summed E-state index contributed by atoms with van der Waals surface area (Å²) in [7, 11) is 3.51. The summed E-state index contributed by atoms with van der Waals surface area (Å²) in [6.45, 7) is 11.1. The van der Waals surface area contributed by atoms with Crippen LogP contribution in [0.3, 0.4) is 0 Å². The second kappa shape index (κ2) is 18.9. The summed E-state index contributed by atoms with van der Waals surface area (Å²) in [5.41, 5.74) is 6.57. The molecule has 6 aromatic carbocycles. The van der Waals surface area contributed by atoms with E-state index in [1.807, 2.05) is 24.3 Å². The summed E-state index contributed by atoms with van der Waals surface area (Å²) in [4.78, 5) is 2.49. The molecule has 0 spiro atoms. The molecule has 0 atom stereocenters. The number of hydrogen-bond acceptors (Lipinski definition) is 4. The average molecular weight is 699 g/mol. The highest BCUT2D eigenvalue weighted by molar-refractivity contribution is 7.99. The van der Waals surface area contributed by atoms with Gasteiger partial charge in [-0.2, -0.15) is 0 Å². The average Bonchev–Trinajstić information content (AvgIpc) is 3.15. The zero-order valence-electron chi connectivity index (χ0n) is 30.7. The van der Waals surface area contributed by atoms with Crippen LogP contribution in [0.15, 0.2) is 155 Å². The Kier molecular flexibility index (Phi) is 14.4. The highest BCUT2D eigenvalue weighted by atomic mass is 32.2. The molecule has 0 radical (unpaired) electrons. The van der Waals surface area contributed by atoms with Crippen LogP contribution in [-0.2, 0) is 6.42 Å². The lowest BCUT2D eigenvalue weighted by molar-refractivity contribution is 0.414. The third-order valence-electron chi connectivity index (χ3n) is 8.59. The van der Waals surface area contributed by atoms with Crippen molar-refractivity contribution in [3.8, 4) is 17.2 Å². The summed E-state index contributed by atoms with van der Waals surface area (Å²) in [6, 6.07) is 51.0. The maximum atomic E-state index is 5.22. The molecule has 0 aliphatic rings. The fourth-order valence-electron chi connectivity index (χ4n) is 5.22. The molecular weight excluding hydrogens is 649 g/mol. The van der Waals surface area contributed by atoms with Gasteiger partial charge in [0.25, 0.3) is 0 Å². The molecule has 0 bridgehead atoms. The van der Waals surface area contributed by atoms with E-state index >= 15 is 0 Å². The molecule has 258 valence electrons. The lowest BCUT2D eigenvalue weighted by atomic mass is 10.0. The fraction of sp³-hybridized carbons (Fsp3) is 0.200. The van der Waals surface area contributed by atoms with Gasteiger partial charge in [0.2, 0.25) is 0 Å². The first kappa shape index (κ1) is 38.1. The van der Waals surface area contributed by atoms with E-state index in [1.165, 1.54) is 48.0 Å². The first-order chi connectivity index (χ1) is 24.1. The molecule has 0 saturated carbocycles. The fourth-order valence-corrected chi connectivity index (χ4v) is 8.37. The molecule has 0 heterocycles. The minimum absolute atomic E-state index is 0.897. The molecule has 6 rings (SSSR count). The van der Waals surface area contributed by atoms with E-state index in [9.17, 15) is 0 Å². The van der Waals surface area contributed by atoms with Gasteiger partial charge in [-0.15, -0.1) is 0 Å². The van der Waals surface area contributed by atoms with Crippen molar-refractivity contribution in [3.05, 3.63) is 173 Å². The molecule has 0 unspecified atom stereocenters. The van der Waals surface area contributed by atoms with Crippen molar-refractivity contribution >= 4 is 30.2 Å². The molecule has 0 aliphatic heterocycles. The highest BCUT2D eigenvalue weighted by Crippen LogP contribution is 2.29. The summed E-state index contributed by atoms with van der Waals surface area (Å²) in [5.74, 6) is 2.73. The van der Waals surface area contributed by atoms with Crippen molar-refractivity contribution < 1.29 is 14.2 Å². The summed E-state index contributed by atoms with van der Waals surface area (Å²) in [5, 5.41) is 2.91. The van der Waals surface area contributed by atoms with Crippen molar-refractivity contribution in [1.29, 1.82) is 0 Å². The number of ether oxygens (including phenoxy) is 3. The number of hydrogen-bond donors (Lipinski definition) is 0. The van der Waals surface area contributed by atoms with Gasteiger partial charge in [0.15, 0.2) is 0 Å². The number of methoxy groups -OCH3 is 3. The highest BCUT2D eigenvalue weighted by Gasteiger charge is 2.25. The van der Waals surface area contributed by atoms with Gasteiger partial charge in [0.05, 0.1) is 21.3 Å². The second-order valence-electron chi connectivity index (χ2n) is 12.8. The van der Waals surface area contributed by atoms with Crippen LogP contribution in [0.25, 0.3) is 0 Å². The minimum Gasteiger partial charge on any atom is -0.497 e. The molecule has 0 fully saturated rings. The zero-order chi connectivity index (χ0) is 35.9. The first-order valence-corrected chi connectivity index (χ1v) is 20.7. The minimum atomic E-state index is -1.57. The quantitative estimate of drug-likeness (QED) is 0.141. The second-order valence-corrected chi connectivity index (χ2v) is 18.4. The Bertz CT molecular complexity index is 1760. The number of aryl methyl sites for hydroxylation is 3. The third-order valence-corrected chi connectivity index (χ3v) is 13.2. The molecular formula is C45H50O3SSi. The van der Waals surface area contributed by atoms with Crippen LogP contribution in [0.2, 0.25) is 13.1 Å². The van der Waals surface area contributed by atoms with E-state index in [4.69, 9.17) is 14.2 Å². The SMILES string of the molecule is COc1ccc(Cc2ccc(C)cc2)cc1.COc1ccc(Sc2ccc(C)cc2)cc1.COc1ccc([Si](C)(C)c2ccc(C)cc2)cc1. The predicted octanol–water partition coefficient (Wildman–Crippen LogP) is 10.6. The molecule has 5 heteroatoms. The normalized spacial score (nSPS) is 10.6. The maximum Gasteiger partial charge on any atom is 0.118 e.